The third kappa shape index (κ3) is 4.09. The quantitative estimate of drug-likeness (QED) is 0.835. The van der Waals surface area contributed by atoms with Crippen LogP contribution in [0.3, 0.4) is 0 Å². The zero-order chi connectivity index (χ0) is 12.8. The van der Waals surface area contributed by atoms with E-state index in [1.54, 1.807) is 0 Å². The lowest BCUT2D eigenvalue weighted by atomic mass is 10.0. The molecule has 0 saturated carbocycles. The van der Waals surface area contributed by atoms with E-state index >= 15 is 0 Å². The van der Waals surface area contributed by atoms with Gasteiger partial charge < -0.3 is 15.4 Å². The van der Waals surface area contributed by atoms with Gasteiger partial charge in [0.05, 0.1) is 13.2 Å². The smallest absolute Gasteiger partial charge is 0.0632 e. The first-order chi connectivity index (χ1) is 8.75. The largest absolute Gasteiger partial charge is 0.378 e. The fourth-order valence-corrected chi connectivity index (χ4v) is 2.16. The van der Waals surface area contributed by atoms with Crippen LogP contribution in [0.2, 0.25) is 0 Å². The maximum absolute atomic E-state index is 5.42. The maximum atomic E-state index is 5.42. The molecule has 2 rings (SSSR count). The Morgan fingerprint density at radius 1 is 1.33 bits per heavy atom. The number of morpholine rings is 1. The van der Waals surface area contributed by atoms with Crippen molar-refractivity contribution in [3.05, 3.63) is 35.4 Å². The molecule has 1 aliphatic rings. The Morgan fingerprint density at radius 2 is 2.11 bits per heavy atom. The van der Waals surface area contributed by atoms with Crippen LogP contribution in [-0.2, 0) is 11.3 Å². The average molecular weight is 248 g/mol. The number of hydrogen-bond acceptors (Lipinski definition) is 3. The van der Waals surface area contributed by atoms with Gasteiger partial charge in [0.1, 0.15) is 0 Å². The molecule has 0 spiro atoms. The second kappa shape index (κ2) is 6.88. The highest BCUT2D eigenvalue weighted by atomic mass is 16.5. The zero-order valence-corrected chi connectivity index (χ0v) is 11.4. The summed E-state index contributed by atoms with van der Waals surface area (Å²) in [4.78, 5) is 0. The number of benzene rings is 1. The van der Waals surface area contributed by atoms with E-state index in [0.717, 1.165) is 32.8 Å². The Bertz CT molecular complexity index is 342. The molecule has 0 radical (unpaired) electrons. The average Bonchev–Trinajstić information content (AvgIpc) is 2.40. The highest BCUT2D eigenvalue weighted by Gasteiger charge is 2.11. The van der Waals surface area contributed by atoms with Crippen LogP contribution in [0.15, 0.2) is 24.3 Å². The van der Waals surface area contributed by atoms with Crippen LogP contribution in [0.25, 0.3) is 0 Å². The molecule has 1 aliphatic heterocycles. The molecule has 0 amide bonds. The van der Waals surface area contributed by atoms with Gasteiger partial charge in [0.15, 0.2) is 0 Å². The molecular formula is C15H24N2O. The van der Waals surface area contributed by atoms with E-state index in [1.807, 2.05) is 0 Å². The SMILES string of the molecule is CC(C)c1ccc(CNCC2COCCN2)cc1. The van der Waals surface area contributed by atoms with Gasteiger partial charge in [-0.2, -0.15) is 0 Å². The maximum Gasteiger partial charge on any atom is 0.0632 e. The first-order valence-electron chi connectivity index (χ1n) is 6.86. The fraction of sp³-hybridized carbons (Fsp3) is 0.600. The first-order valence-corrected chi connectivity index (χ1v) is 6.86. The molecule has 0 aromatic heterocycles. The molecule has 0 aliphatic carbocycles. The lowest BCUT2D eigenvalue weighted by Gasteiger charge is -2.24. The molecular weight excluding hydrogens is 224 g/mol. The topological polar surface area (TPSA) is 33.3 Å². The minimum atomic E-state index is 0.452. The van der Waals surface area contributed by atoms with Crippen molar-refractivity contribution in [2.24, 2.45) is 0 Å². The molecule has 3 nitrogen and oxygen atoms in total. The van der Waals surface area contributed by atoms with Crippen molar-refractivity contribution in [2.75, 3.05) is 26.3 Å². The molecule has 1 aromatic rings. The van der Waals surface area contributed by atoms with Gasteiger partial charge in [-0.05, 0) is 17.0 Å². The van der Waals surface area contributed by atoms with Gasteiger partial charge in [0.25, 0.3) is 0 Å². The van der Waals surface area contributed by atoms with Gasteiger partial charge in [-0.3, -0.25) is 0 Å². The minimum absolute atomic E-state index is 0.452. The molecule has 18 heavy (non-hydrogen) atoms. The van der Waals surface area contributed by atoms with E-state index in [4.69, 9.17) is 4.74 Å². The Labute approximate surface area is 110 Å². The molecule has 1 heterocycles. The van der Waals surface area contributed by atoms with Crippen LogP contribution in [0.5, 0.6) is 0 Å². The summed E-state index contributed by atoms with van der Waals surface area (Å²) in [5.41, 5.74) is 2.75. The summed E-state index contributed by atoms with van der Waals surface area (Å²) in [5, 5.41) is 6.92. The van der Waals surface area contributed by atoms with Gasteiger partial charge in [0.2, 0.25) is 0 Å². The van der Waals surface area contributed by atoms with Crippen LogP contribution < -0.4 is 10.6 Å². The van der Waals surface area contributed by atoms with Crippen molar-refractivity contribution in [1.82, 2.24) is 10.6 Å². The molecule has 1 unspecified atom stereocenters. The molecule has 2 N–H and O–H groups in total. The van der Waals surface area contributed by atoms with E-state index in [2.05, 4.69) is 48.7 Å². The minimum Gasteiger partial charge on any atom is -0.378 e. The normalized spacial score (nSPS) is 20.3. The molecule has 100 valence electrons. The lowest BCUT2D eigenvalue weighted by Crippen LogP contribution is -2.47. The van der Waals surface area contributed by atoms with Crippen LogP contribution in [0.4, 0.5) is 0 Å². The van der Waals surface area contributed by atoms with Gasteiger partial charge in [-0.1, -0.05) is 38.1 Å². The van der Waals surface area contributed by atoms with Crippen molar-refractivity contribution >= 4 is 0 Å². The van der Waals surface area contributed by atoms with Gasteiger partial charge in [0, 0.05) is 25.7 Å². The first kappa shape index (κ1) is 13.5. The van der Waals surface area contributed by atoms with Gasteiger partial charge in [-0.25, -0.2) is 0 Å². The predicted molar refractivity (Wildman–Crippen MR) is 74.8 cm³/mol. The Morgan fingerprint density at radius 3 is 2.72 bits per heavy atom. The Kier molecular flexibility index (Phi) is 5.17. The molecule has 0 bridgehead atoms. The van der Waals surface area contributed by atoms with E-state index in [9.17, 15) is 0 Å². The molecule has 1 fully saturated rings. The van der Waals surface area contributed by atoms with Gasteiger partial charge in [-0.15, -0.1) is 0 Å². The summed E-state index contributed by atoms with van der Waals surface area (Å²) >= 11 is 0. The second-order valence-electron chi connectivity index (χ2n) is 5.25. The van der Waals surface area contributed by atoms with E-state index < -0.39 is 0 Å². The van der Waals surface area contributed by atoms with Crippen molar-refractivity contribution in [3.8, 4) is 0 Å². The van der Waals surface area contributed by atoms with E-state index in [0.29, 0.717) is 12.0 Å². The van der Waals surface area contributed by atoms with E-state index in [-0.39, 0.29) is 0 Å². The highest BCUT2D eigenvalue weighted by Crippen LogP contribution is 2.14. The monoisotopic (exact) mass is 248 g/mol. The second-order valence-corrected chi connectivity index (χ2v) is 5.25. The Hall–Kier alpha value is -0.900. The lowest BCUT2D eigenvalue weighted by molar-refractivity contribution is 0.0766. The third-order valence-electron chi connectivity index (χ3n) is 3.36. The summed E-state index contributed by atoms with van der Waals surface area (Å²) in [7, 11) is 0. The molecule has 1 atom stereocenters. The van der Waals surface area contributed by atoms with Crippen molar-refractivity contribution < 1.29 is 4.74 Å². The van der Waals surface area contributed by atoms with Crippen molar-refractivity contribution in [2.45, 2.75) is 32.4 Å². The number of nitrogens with one attached hydrogen (secondary N) is 2. The Balaban J connectivity index is 1.72. The number of rotatable bonds is 5. The fourth-order valence-electron chi connectivity index (χ4n) is 2.16. The standard InChI is InChI=1S/C15H24N2O/c1-12(2)14-5-3-13(4-6-14)9-16-10-15-11-18-8-7-17-15/h3-6,12,15-17H,7-11H2,1-2H3. The van der Waals surface area contributed by atoms with Gasteiger partial charge >= 0.3 is 0 Å². The summed E-state index contributed by atoms with van der Waals surface area (Å²) < 4.78 is 5.42. The summed E-state index contributed by atoms with van der Waals surface area (Å²) in [6, 6.07) is 9.33. The summed E-state index contributed by atoms with van der Waals surface area (Å²) in [6.45, 7) is 8.97. The van der Waals surface area contributed by atoms with Crippen molar-refractivity contribution in [1.29, 1.82) is 0 Å². The van der Waals surface area contributed by atoms with Crippen LogP contribution in [0, 0.1) is 0 Å². The third-order valence-corrected chi connectivity index (χ3v) is 3.36. The summed E-state index contributed by atoms with van der Waals surface area (Å²) in [5.74, 6) is 0.607. The predicted octanol–water partition coefficient (Wildman–Crippen LogP) is 1.89. The molecule has 1 saturated heterocycles. The van der Waals surface area contributed by atoms with Crippen LogP contribution in [-0.4, -0.2) is 32.3 Å². The zero-order valence-electron chi connectivity index (χ0n) is 11.4. The summed E-state index contributed by atoms with van der Waals surface area (Å²) in [6.07, 6.45) is 0. The highest BCUT2D eigenvalue weighted by molar-refractivity contribution is 5.24. The molecule has 1 aromatic carbocycles. The van der Waals surface area contributed by atoms with Crippen LogP contribution >= 0.6 is 0 Å². The molecule has 3 heteroatoms. The van der Waals surface area contributed by atoms with E-state index in [1.165, 1.54) is 11.1 Å². The number of hydrogen-bond donors (Lipinski definition) is 2. The van der Waals surface area contributed by atoms with Crippen molar-refractivity contribution in [3.63, 3.8) is 0 Å². The van der Waals surface area contributed by atoms with Crippen LogP contribution in [0.1, 0.15) is 30.9 Å². The number of ether oxygens (including phenoxy) is 1.